The molecule has 0 radical (unpaired) electrons. The Morgan fingerprint density at radius 3 is 2.92 bits per heavy atom. The number of ether oxygens (including phenoxy) is 1. The van der Waals surface area contributed by atoms with Crippen molar-refractivity contribution in [3.05, 3.63) is 11.8 Å². The van der Waals surface area contributed by atoms with Crippen LogP contribution in [-0.4, -0.2) is 54.3 Å². The zero-order valence-corrected chi connectivity index (χ0v) is 14.3. The molecule has 1 unspecified atom stereocenters. The first-order valence-electron chi connectivity index (χ1n) is 8.46. The predicted octanol–water partition coefficient (Wildman–Crippen LogP) is 1.91. The molecule has 0 aliphatic carbocycles. The lowest BCUT2D eigenvalue weighted by atomic mass is 10.2. The molecule has 1 atom stereocenters. The van der Waals surface area contributed by atoms with Crippen LogP contribution < -0.4 is 10.6 Å². The van der Waals surface area contributed by atoms with Crippen molar-refractivity contribution < 1.29 is 18.8 Å². The summed E-state index contributed by atoms with van der Waals surface area (Å²) >= 11 is 0. The molecule has 8 nitrogen and oxygen atoms in total. The monoisotopic (exact) mass is 338 g/mol. The van der Waals surface area contributed by atoms with Crippen molar-refractivity contribution in [2.24, 2.45) is 0 Å². The van der Waals surface area contributed by atoms with E-state index in [0.29, 0.717) is 31.3 Å². The number of rotatable bonds is 8. The maximum Gasteiger partial charge on any atom is 0.317 e. The molecule has 1 aromatic heterocycles. The third-order valence-corrected chi connectivity index (χ3v) is 3.77. The number of unbranched alkanes of at least 4 members (excludes halogenated alkanes) is 1. The maximum absolute atomic E-state index is 12.3. The molecule has 0 aromatic carbocycles. The quantitative estimate of drug-likeness (QED) is 0.706. The number of nitrogens with zero attached hydrogens (tertiary/aromatic N) is 2. The van der Waals surface area contributed by atoms with Crippen molar-refractivity contribution in [3.63, 3.8) is 0 Å². The summed E-state index contributed by atoms with van der Waals surface area (Å²) < 4.78 is 10.5. The molecule has 1 fully saturated rings. The summed E-state index contributed by atoms with van der Waals surface area (Å²) in [6.07, 6.45) is 3.79. The highest BCUT2D eigenvalue weighted by atomic mass is 16.5. The summed E-state index contributed by atoms with van der Waals surface area (Å²) in [6, 6.07) is 1.38. The van der Waals surface area contributed by atoms with Crippen molar-refractivity contribution in [2.75, 3.05) is 31.6 Å². The number of anilines is 1. The Morgan fingerprint density at radius 2 is 2.29 bits per heavy atom. The second-order valence-electron chi connectivity index (χ2n) is 5.97. The van der Waals surface area contributed by atoms with E-state index < -0.39 is 0 Å². The van der Waals surface area contributed by atoms with Gasteiger partial charge in [0.25, 0.3) is 0 Å². The van der Waals surface area contributed by atoms with E-state index in [1.54, 1.807) is 13.0 Å². The lowest BCUT2D eigenvalue weighted by molar-refractivity contribution is -0.117. The highest BCUT2D eigenvalue weighted by Crippen LogP contribution is 2.14. The number of nitrogens with one attached hydrogen (secondary N) is 2. The summed E-state index contributed by atoms with van der Waals surface area (Å²) in [6.45, 7) is 5.46. The van der Waals surface area contributed by atoms with Gasteiger partial charge in [-0.15, -0.1) is 0 Å². The molecular weight excluding hydrogens is 312 g/mol. The van der Waals surface area contributed by atoms with Gasteiger partial charge in [0.2, 0.25) is 5.91 Å². The molecule has 2 N–H and O–H groups in total. The third-order valence-electron chi connectivity index (χ3n) is 3.77. The highest BCUT2D eigenvalue weighted by molar-refractivity contribution is 5.93. The Labute approximate surface area is 141 Å². The van der Waals surface area contributed by atoms with Crippen LogP contribution in [0.4, 0.5) is 10.6 Å². The van der Waals surface area contributed by atoms with Gasteiger partial charge < -0.3 is 24.8 Å². The van der Waals surface area contributed by atoms with Gasteiger partial charge >= 0.3 is 6.03 Å². The minimum Gasteiger partial charge on any atom is -0.376 e. The van der Waals surface area contributed by atoms with E-state index in [4.69, 9.17) is 9.26 Å². The zero-order valence-electron chi connectivity index (χ0n) is 14.3. The van der Waals surface area contributed by atoms with Crippen LogP contribution in [-0.2, 0) is 9.53 Å². The number of aromatic nitrogens is 1. The lowest BCUT2D eigenvalue weighted by Crippen LogP contribution is -2.47. The Balaban J connectivity index is 1.90. The summed E-state index contributed by atoms with van der Waals surface area (Å²) in [4.78, 5) is 26.0. The van der Waals surface area contributed by atoms with Gasteiger partial charge in [-0.25, -0.2) is 4.79 Å². The first-order chi connectivity index (χ1) is 11.6. The van der Waals surface area contributed by atoms with Crippen molar-refractivity contribution in [2.45, 2.75) is 45.6 Å². The van der Waals surface area contributed by atoms with Gasteiger partial charge in [-0.2, -0.15) is 0 Å². The van der Waals surface area contributed by atoms with E-state index in [9.17, 15) is 9.59 Å². The molecule has 8 heteroatoms. The fourth-order valence-corrected chi connectivity index (χ4v) is 2.52. The molecule has 1 saturated heterocycles. The first-order valence-corrected chi connectivity index (χ1v) is 8.46. The zero-order chi connectivity index (χ0) is 17.4. The SMILES string of the molecule is CCCCNC(=O)N(CC(=O)Nc1cc(C)on1)CC1CCCO1. The van der Waals surface area contributed by atoms with Gasteiger partial charge in [-0.05, 0) is 26.2 Å². The molecule has 24 heavy (non-hydrogen) atoms. The van der Waals surface area contributed by atoms with E-state index in [0.717, 1.165) is 25.7 Å². The van der Waals surface area contributed by atoms with Crippen LogP contribution in [0.15, 0.2) is 10.6 Å². The molecule has 0 spiro atoms. The number of amides is 3. The fourth-order valence-electron chi connectivity index (χ4n) is 2.52. The van der Waals surface area contributed by atoms with Gasteiger partial charge in [0, 0.05) is 25.8 Å². The average Bonchev–Trinajstić information content (AvgIpc) is 3.18. The van der Waals surface area contributed by atoms with Crippen LogP contribution in [0.3, 0.4) is 0 Å². The van der Waals surface area contributed by atoms with Crippen LogP contribution in [0.25, 0.3) is 0 Å². The van der Waals surface area contributed by atoms with E-state index in [1.807, 2.05) is 0 Å². The predicted molar refractivity (Wildman–Crippen MR) is 88.7 cm³/mol. The smallest absolute Gasteiger partial charge is 0.317 e. The number of hydrogen-bond donors (Lipinski definition) is 2. The van der Waals surface area contributed by atoms with Gasteiger partial charge in [0.05, 0.1) is 6.10 Å². The van der Waals surface area contributed by atoms with Crippen LogP contribution in [0.2, 0.25) is 0 Å². The average molecular weight is 338 g/mol. The molecule has 1 aliphatic heterocycles. The Hall–Kier alpha value is -2.09. The van der Waals surface area contributed by atoms with Gasteiger partial charge in [0.15, 0.2) is 5.82 Å². The summed E-state index contributed by atoms with van der Waals surface area (Å²) in [7, 11) is 0. The summed E-state index contributed by atoms with van der Waals surface area (Å²) in [5.41, 5.74) is 0. The van der Waals surface area contributed by atoms with E-state index >= 15 is 0 Å². The van der Waals surface area contributed by atoms with Gasteiger partial charge in [0.1, 0.15) is 12.3 Å². The minimum absolute atomic E-state index is 0.0102. The van der Waals surface area contributed by atoms with Crippen molar-refractivity contribution in [3.8, 4) is 0 Å². The second-order valence-corrected chi connectivity index (χ2v) is 5.97. The fraction of sp³-hybridized carbons (Fsp3) is 0.688. The molecule has 134 valence electrons. The molecule has 0 saturated carbocycles. The van der Waals surface area contributed by atoms with E-state index in [2.05, 4.69) is 22.7 Å². The first kappa shape index (κ1) is 18.3. The van der Waals surface area contributed by atoms with Gasteiger partial charge in [-0.3, -0.25) is 4.79 Å². The second kappa shape index (κ2) is 9.27. The molecular formula is C16H26N4O4. The number of urea groups is 1. The van der Waals surface area contributed by atoms with Crippen LogP contribution in [0.1, 0.15) is 38.4 Å². The van der Waals surface area contributed by atoms with Crippen LogP contribution in [0, 0.1) is 6.92 Å². The third kappa shape index (κ3) is 5.84. The normalized spacial score (nSPS) is 16.8. The molecule has 1 aliphatic rings. The summed E-state index contributed by atoms with van der Waals surface area (Å²) in [5, 5.41) is 9.20. The minimum atomic E-state index is -0.313. The number of carbonyl (C=O) groups excluding carboxylic acids is 2. The molecule has 0 bridgehead atoms. The standard InChI is InChI=1S/C16H26N4O4/c1-3-4-7-17-16(22)20(10-13-6-5-8-23-13)11-15(21)18-14-9-12(2)24-19-14/h9,13H,3-8,10-11H2,1-2H3,(H,17,22)(H,18,19,21). The Kier molecular flexibility index (Phi) is 7.05. The Bertz CT molecular complexity index is 540. The van der Waals surface area contributed by atoms with E-state index in [-0.39, 0.29) is 24.6 Å². The van der Waals surface area contributed by atoms with Crippen LogP contribution >= 0.6 is 0 Å². The van der Waals surface area contributed by atoms with Crippen LogP contribution in [0.5, 0.6) is 0 Å². The molecule has 3 amide bonds. The lowest BCUT2D eigenvalue weighted by Gasteiger charge is -2.25. The van der Waals surface area contributed by atoms with Crippen molar-refractivity contribution >= 4 is 17.8 Å². The van der Waals surface area contributed by atoms with E-state index in [1.165, 1.54) is 4.90 Å². The number of hydrogen-bond acceptors (Lipinski definition) is 5. The highest BCUT2D eigenvalue weighted by Gasteiger charge is 2.24. The largest absolute Gasteiger partial charge is 0.376 e. The maximum atomic E-state index is 12.3. The van der Waals surface area contributed by atoms with Gasteiger partial charge in [-0.1, -0.05) is 18.5 Å². The number of carbonyl (C=O) groups is 2. The molecule has 2 heterocycles. The topological polar surface area (TPSA) is 96.7 Å². The summed E-state index contributed by atoms with van der Waals surface area (Å²) in [5.74, 6) is 0.645. The molecule has 2 rings (SSSR count). The Morgan fingerprint density at radius 1 is 1.46 bits per heavy atom. The van der Waals surface area contributed by atoms with Crippen molar-refractivity contribution in [1.82, 2.24) is 15.4 Å². The van der Waals surface area contributed by atoms with Crippen molar-refractivity contribution in [1.29, 1.82) is 0 Å². The number of aryl methyl sites for hydroxylation is 1. The molecule has 1 aromatic rings.